The molecule has 0 radical (unpaired) electrons. The minimum absolute atomic E-state index is 0.225. The van der Waals surface area contributed by atoms with E-state index in [0.717, 1.165) is 5.56 Å². The normalized spacial score (nSPS) is 15.6. The lowest BCUT2D eigenvalue weighted by Gasteiger charge is -2.33. The minimum Gasteiger partial charge on any atom is -0.335 e. The SMILES string of the molecule is O=C(c1cc(-c2ccc(Cl)c(Cl)c2)n[nH]1)N1CCN(S(=O)(=O)c2cccs2)CC1. The molecule has 1 fully saturated rings. The second kappa shape index (κ2) is 8.08. The van der Waals surface area contributed by atoms with Crippen molar-refractivity contribution >= 4 is 50.5 Å². The number of aromatic nitrogens is 2. The summed E-state index contributed by atoms with van der Waals surface area (Å²) in [6, 6.07) is 10.1. The van der Waals surface area contributed by atoms with Crippen molar-refractivity contribution < 1.29 is 13.2 Å². The smallest absolute Gasteiger partial charge is 0.271 e. The highest BCUT2D eigenvalue weighted by Crippen LogP contribution is 2.28. The van der Waals surface area contributed by atoms with E-state index in [1.54, 1.807) is 46.7 Å². The number of carbonyl (C=O) groups is 1. The number of hydrogen-bond donors (Lipinski definition) is 1. The van der Waals surface area contributed by atoms with Crippen LogP contribution in [-0.4, -0.2) is 59.9 Å². The van der Waals surface area contributed by atoms with Gasteiger partial charge in [0.05, 0.1) is 15.7 Å². The summed E-state index contributed by atoms with van der Waals surface area (Å²) in [5.41, 5.74) is 1.65. The molecular weight excluding hydrogens is 455 g/mol. The number of amides is 1. The maximum Gasteiger partial charge on any atom is 0.271 e. The van der Waals surface area contributed by atoms with E-state index < -0.39 is 10.0 Å². The van der Waals surface area contributed by atoms with Crippen LogP contribution < -0.4 is 0 Å². The van der Waals surface area contributed by atoms with Gasteiger partial charge in [0, 0.05) is 31.7 Å². The molecule has 11 heteroatoms. The number of rotatable bonds is 4. The number of sulfonamides is 1. The average Bonchev–Trinajstić information content (AvgIpc) is 3.42. The van der Waals surface area contributed by atoms with Crippen molar-refractivity contribution in [2.45, 2.75) is 4.21 Å². The lowest BCUT2D eigenvalue weighted by Crippen LogP contribution is -2.50. The van der Waals surface area contributed by atoms with E-state index in [1.807, 2.05) is 0 Å². The molecule has 152 valence electrons. The van der Waals surface area contributed by atoms with Gasteiger partial charge < -0.3 is 4.90 Å². The van der Waals surface area contributed by atoms with Crippen LogP contribution in [0.4, 0.5) is 0 Å². The van der Waals surface area contributed by atoms with Gasteiger partial charge in [-0.1, -0.05) is 35.3 Å². The largest absolute Gasteiger partial charge is 0.335 e. The predicted octanol–water partition coefficient (Wildman–Crippen LogP) is 3.59. The van der Waals surface area contributed by atoms with Crippen LogP contribution in [0, 0.1) is 0 Å². The van der Waals surface area contributed by atoms with Gasteiger partial charge in [-0.25, -0.2) is 8.42 Å². The Kier molecular flexibility index (Phi) is 5.67. The Morgan fingerprint density at radius 3 is 2.48 bits per heavy atom. The van der Waals surface area contributed by atoms with E-state index in [2.05, 4.69) is 10.2 Å². The van der Waals surface area contributed by atoms with E-state index in [0.29, 0.717) is 38.7 Å². The summed E-state index contributed by atoms with van der Waals surface area (Å²) in [4.78, 5) is 14.4. The second-order valence-electron chi connectivity index (χ2n) is 6.42. The number of aromatic amines is 1. The van der Waals surface area contributed by atoms with E-state index in [9.17, 15) is 13.2 Å². The van der Waals surface area contributed by atoms with Gasteiger partial charge in [-0.15, -0.1) is 11.3 Å². The molecule has 1 N–H and O–H groups in total. The molecule has 2 aromatic heterocycles. The van der Waals surface area contributed by atoms with E-state index in [4.69, 9.17) is 23.2 Å². The number of hydrogen-bond acceptors (Lipinski definition) is 5. The second-order valence-corrected chi connectivity index (χ2v) is 10.4. The van der Waals surface area contributed by atoms with Crippen molar-refractivity contribution in [1.29, 1.82) is 0 Å². The first kappa shape index (κ1) is 20.4. The number of thiophene rings is 1. The van der Waals surface area contributed by atoms with Gasteiger partial charge in [0.1, 0.15) is 9.90 Å². The third kappa shape index (κ3) is 4.06. The number of nitrogens with one attached hydrogen (secondary N) is 1. The molecule has 1 aliphatic heterocycles. The summed E-state index contributed by atoms with van der Waals surface area (Å²) in [7, 11) is -3.50. The van der Waals surface area contributed by atoms with Crippen LogP contribution >= 0.6 is 34.5 Å². The standard InChI is InChI=1S/C18H16Cl2N4O3S2/c19-13-4-3-12(10-14(13)20)15-11-16(22-21-15)18(25)23-5-7-24(8-6-23)29(26,27)17-2-1-9-28-17/h1-4,9-11H,5-8H2,(H,21,22). The lowest BCUT2D eigenvalue weighted by molar-refractivity contribution is 0.0692. The monoisotopic (exact) mass is 470 g/mol. The zero-order valence-electron chi connectivity index (χ0n) is 15.0. The van der Waals surface area contributed by atoms with Crippen LogP contribution in [0.1, 0.15) is 10.5 Å². The topological polar surface area (TPSA) is 86.4 Å². The Morgan fingerprint density at radius 2 is 1.83 bits per heavy atom. The molecule has 1 aliphatic rings. The maximum absolute atomic E-state index is 12.8. The summed E-state index contributed by atoms with van der Waals surface area (Å²) >= 11 is 13.2. The molecular formula is C18H16Cl2N4O3S2. The highest BCUT2D eigenvalue weighted by molar-refractivity contribution is 7.91. The molecule has 0 unspecified atom stereocenters. The van der Waals surface area contributed by atoms with E-state index >= 15 is 0 Å². The molecule has 7 nitrogen and oxygen atoms in total. The fourth-order valence-electron chi connectivity index (χ4n) is 3.07. The number of carbonyl (C=O) groups excluding carboxylic acids is 1. The summed E-state index contributed by atoms with van der Waals surface area (Å²) in [5, 5.41) is 9.51. The van der Waals surface area contributed by atoms with Crippen LogP contribution in [0.2, 0.25) is 10.0 Å². The number of piperazine rings is 1. The highest BCUT2D eigenvalue weighted by atomic mass is 35.5. The Morgan fingerprint density at radius 1 is 1.07 bits per heavy atom. The average molecular weight is 471 g/mol. The van der Waals surface area contributed by atoms with Gasteiger partial charge in [0.2, 0.25) is 0 Å². The number of halogens is 2. The van der Waals surface area contributed by atoms with Crippen molar-refractivity contribution in [3.05, 3.63) is 57.5 Å². The molecule has 0 spiro atoms. The maximum atomic E-state index is 12.8. The molecule has 3 aromatic rings. The summed E-state index contributed by atoms with van der Waals surface area (Å²) in [6.07, 6.45) is 0. The Hall–Kier alpha value is -1.91. The minimum atomic E-state index is -3.50. The third-order valence-corrected chi connectivity index (χ3v) is 8.65. The van der Waals surface area contributed by atoms with Crippen LogP contribution in [-0.2, 0) is 10.0 Å². The lowest BCUT2D eigenvalue weighted by atomic mass is 10.1. The van der Waals surface area contributed by atoms with Crippen LogP contribution in [0.15, 0.2) is 46.0 Å². The molecule has 1 saturated heterocycles. The number of H-pyrrole nitrogens is 1. The molecule has 0 saturated carbocycles. The third-order valence-electron chi connectivity index (χ3n) is 4.64. The summed E-state index contributed by atoms with van der Waals surface area (Å²) < 4.78 is 26.9. The first-order valence-electron chi connectivity index (χ1n) is 8.70. The van der Waals surface area contributed by atoms with Crippen molar-refractivity contribution in [3.63, 3.8) is 0 Å². The van der Waals surface area contributed by atoms with Crippen molar-refractivity contribution in [1.82, 2.24) is 19.4 Å². The molecule has 3 heterocycles. The molecule has 0 aliphatic carbocycles. The molecule has 4 rings (SSSR count). The molecule has 1 amide bonds. The van der Waals surface area contributed by atoms with Crippen LogP contribution in [0.5, 0.6) is 0 Å². The van der Waals surface area contributed by atoms with Gasteiger partial charge in [-0.2, -0.15) is 9.40 Å². The molecule has 29 heavy (non-hydrogen) atoms. The van der Waals surface area contributed by atoms with Gasteiger partial charge in [0.25, 0.3) is 15.9 Å². The first-order valence-corrected chi connectivity index (χ1v) is 11.8. The van der Waals surface area contributed by atoms with Gasteiger partial charge in [-0.05, 0) is 29.6 Å². The van der Waals surface area contributed by atoms with Crippen molar-refractivity contribution in [3.8, 4) is 11.3 Å². The molecule has 1 aromatic carbocycles. The zero-order chi connectivity index (χ0) is 20.6. The predicted molar refractivity (Wildman–Crippen MR) is 113 cm³/mol. The Bertz CT molecular complexity index is 1140. The fraction of sp³-hybridized carbons (Fsp3) is 0.222. The summed E-state index contributed by atoms with van der Waals surface area (Å²) in [5.74, 6) is -0.225. The van der Waals surface area contributed by atoms with Gasteiger partial charge in [0.15, 0.2) is 0 Å². The highest BCUT2D eigenvalue weighted by Gasteiger charge is 2.31. The molecule has 0 bridgehead atoms. The van der Waals surface area contributed by atoms with Crippen LogP contribution in [0.25, 0.3) is 11.3 Å². The summed E-state index contributed by atoms with van der Waals surface area (Å²) in [6.45, 7) is 1.12. The van der Waals surface area contributed by atoms with Crippen LogP contribution in [0.3, 0.4) is 0 Å². The molecule has 0 atom stereocenters. The first-order chi connectivity index (χ1) is 13.9. The Labute approximate surface area is 181 Å². The van der Waals surface area contributed by atoms with Crippen molar-refractivity contribution in [2.24, 2.45) is 0 Å². The zero-order valence-corrected chi connectivity index (χ0v) is 18.2. The van der Waals surface area contributed by atoms with E-state index in [-0.39, 0.29) is 19.0 Å². The van der Waals surface area contributed by atoms with E-state index in [1.165, 1.54) is 15.6 Å². The van der Waals surface area contributed by atoms with Crippen molar-refractivity contribution in [2.75, 3.05) is 26.2 Å². The number of benzene rings is 1. The van der Waals surface area contributed by atoms with Gasteiger partial charge >= 0.3 is 0 Å². The Balaban J connectivity index is 1.44. The van der Waals surface area contributed by atoms with Gasteiger partial charge in [-0.3, -0.25) is 9.89 Å². The number of nitrogens with zero attached hydrogens (tertiary/aromatic N) is 3. The quantitative estimate of drug-likeness (QED) is 0.630. The fourth-order valence-corrected chi connectivity index (χ4v) is 5.94.